The van der Waals surface area contributed by atoms with E-state index >= 15 is 0 Å². The van der Waals surface area contributed by atoms with Crippen molar-refractivity contribution in [1.82, 2.24) is 15.5 Å². The number of carbonyl (C=O) groups is 3. The molecule has 2 N–H and O–H groups in total. The predicted octanol–water partition coefficient (Wildman–Crippen LogP) is 3.06. The molecular formula is C22H26FN3O3S. The molecule has 1 aliphatic rings. The van der Waals surface area contributed by atoms with Crippen LogP contribution >= 0.6 is 11.3 Å². The molecule has 0 spiro atoms. The maximum Gasteiger partial charge on any atom is 0.262 e. The maximum absolute atomic E-state index is 13.0. The Morgan fingerprint density at radius 3 is 2.30 bits per heavy atom. The summed E-state index contributed by atoms with van der Waals surface area (Å²) in [5.74, 6) is -1.01. The number of benzene rings is 1. The molecule has 6 nitrogen and oxygen atoms in total. The van der Waals surface area contributed by atoms with Crippen molar-refractivity contribution in [1.29, 1.82) is 0 Å². The SMILES string of the molecule is CC(C)C(NC(=O)c1cccs1)C(=O)N1CCC(NC(=O)c2ccc(F)cc2)CC1. The second-order valence-corrected chi connectivity index (χ2v) is 8.70. The van der Waals surface area contributed by atoms with Crippen LogP contribution in [-0.4, -0.2) is 47.8 Å². The van der Waals surface area contributed by atoms with Crippen LogP contribution in [0.4, 0.5) is 4.39 Å². The number of thiophene rings is 1. The Morgan fingerprint density at radius 2 is 1.73 bits per heavy atom. The van der Waals surface area contributed by atoms with Crippen LogP contribution in [0.1, 0.15) is 46.7 Å². The van der Waals surface area contributed by atoms with Crippen molar-refractivity contribution in [3.8, 4) is 0 Å². The summed E-state index contributed by atoms with van der Waals surface area (Å²) in [6.45, 7) is 4.83. The first kappa shape index (κ1) is 22.0. The van der Waals surface area contributed by atoms with E-state index in [2.05, 4.69) is 10.6 Å². The van der Waals surface area contributed by atoms with E-state index < -0.39 is 6.04 Å². The van der Waals surface area contributed by atoms with E-state index in [1.807, 2.05) is 19.2 Å². The average molecular weight is 432 g/mol. The summed E-state index contributed by atoms with van der Waals surface area (Å²) < 4.78 is 13.0. The van der Waals surface area contributed by atoms with Crippen LogP contribution in [0, 0.1) is 11.7 Å². The summed E-state index contributed by atoms with van der Waals surface area (Å²) in [6.07, 6.45) is 1.25. The van der Waals surface area contributed by atoms with Crippen molar-refractivity contribution >= 4 is 29.1 Å². The van der Waals surface area contributed by atoms with Gasteiger partial charge in [0.1, 0.15) is 11.9 Å². The molecule has 1 aromatic heterocycles. The average Bonchev–Trinajstić information content (AvgIpc) is 3.27. The second kappa shape index (κ2) is 9.84. The number of halogens is 1. The smallest absolute Gasteiger partial charge is 0.262 e. The van der Waals surface area contributed by atoms with Gasteiger partial charge in [0.15, 0.2) is 0 Å². The number of piperidine rings is 1. The van der Waals surface area contributed by atoms with Crippen LogP contribution < -0.4 is 10.6 Å². The molecule has 0 saturated carbocycles. The second-order valence-electron chi connectivity index (χ2n) is 7.75. The van der Waals surface area contributed by atoms with Crippen molar-refractivity contribution in [2.75, 3.05) is 13.1 Å². The van der Waals surface area contributed by atoms with Gasteiger partial charge in [0.2, 0.25) is 5.91 Å². The van der Waals surface area contributed by atoms with Gasteiger partial charge in [-0.1, -0.05) is 19.9 Å². The molecule has 1 atom stereocenters. The van der Waals surface area contributed by atoms with E-state index in [0.29, 0.717) is 36.4 Å². The lowest BCUT2D eigenvalue weighted by atomic mass is 9.99. The van der Waals surface area contributed by atoms with Crippen LogP contribution in [-0.2, 0) is 4.79 Å². The normalized spacial score (nSPS) is 15.7. The lowest BCUT2D eigenvalue weighted by Crippen LogP contribution is -2.54. The van der Waals surface area contributed by atoms with E-state index in [0.717, 1.165) is 0 Å². The summed E-state index contributed by atoms with van der Waals surface area (Å²) in [5.41, 5.74) is 0.408. The maximum atomic E-state index is 13.0. The van der Waals surface area contributed by atoms with Gasteiger partial charge >= 0.3 is 0 Å². The molecule has 2 aromatic rings. The fraction of sp³-hybridized carbons (Fsp3) is 0.409. The summed E-state index contributed by atoms with van der Waals surface area (Å²) in [4.78, 5) is 40.1. The number of nitrogens with zero attached hydrogens (tertiary/aromatic N) is 1. The Kier molecular flexibility index (Phi) is 7.20. The minimum Gasteiger partial charge on any atom is -0.349 e. The van der Waals surface area contributed by atoms with Crippen molar-refractivity contribution in [2.24, 2.45) is 5.92 Å². The number of likely N-dealkylation sites (tertiary alicyclic amines) is 1. The topological polar surface area (TPSA) is 78.5 Å². The summed E-state index contributed by atoms with van der Waals surface area (Å²) in [7, 11) is 0. The molecule has 1 aliphatic heterocycles. The Bertz CT molecular complexity index is 876. The minimum atomic E-state index is -0.593. The highest BCUT2D eigenvalue weighted by Gasteiger charge is 2.32. The van der Waals surface area contributed by atoms with E-state index in [4.69, 9.17) is 0 Å². The van der Waals surface area contributed by atoms with Gasteiger partial charge in [-0.25, -0.2) is 4.39 Å². The molecule has 1 aromatic carbocycles. The Hall–Kier alpha value is -2.74. The predicted molar refractivity (Wildman–Crippen MR) is 114 cm³/mol. The number of carbonyl (C=O) groups excluding carboxylic acids is 3. The van der Waals surface area contributed by atoms with Crippen LogP contribution in [0.5, 0.6) is 0 Å². The number of hydrogen-bond donors (Lipinski definition) is 2. The molecule has 1 fully saturated rings. The third-order valence-electron chi connectivity index (χ3n) is 5.21. The molecule has 0 bridgehead atoms. The van der Waals surface area contributed by atoms with Gasteiger partial charge in [-0.15, -0.1) is 11.3 Å². The van der Waals surface area contributed by atoms with Gasteiger partial charge in [-0.2, -0.15) is 0 Å². The van der Waals surface area contributed by atoms with Crippen molar-refractivity contribution < 1.29 is 18.8 Å². The van der Waals surface area contributed by atoms with E-state index in [-0.39, 0.29) is 35.5 Å². The fourth-order valence-electron chi connectivity index (χ4n) is 3.44. The molecule has 0 aliphatic carbocycles. The first-order valence-electron chi connectivity index (χ1n) is 10.0. The van der Waals surface area contributed by atoms with Gasteiger partial charge < -0.3 is 15.5 Å². The minimum absolute atomic E-state index is 0.0442. The number of hydrogen-bond acceptors (Lipinski definition) is 4. The van der Waals surface area contributed by atoms with Crippen LogP contribution in [0.3, 0.4) is 0 Å². The van der Waals surface area contributed by atoms with Crippen molar-refractivity contribution in [3.05, 3.63) is 58.0 Å². The highest BCUT2D eigenvalue weighted by Crippen LogP contribution is 2.16. The highest BCUT2D eigenvalue weighted by atomic mass is 32.1. The Labute approximate surface area is 179 Å². The summed E-state index contributed by atoms with van der Waals surface area (Å²) >= 11 is 1.34. The molecule has 2 heterocycles. The van der Waals surface area contributed by atoms with Crippen molar-refractivity contribution in [3.63, 3.8) is 0 Å². The fourth-order valence-corrected chi connectivity index (χ4v) is 4.07. The molecule has 0 radical (unpaired) electrons. The van der Waals surface area contributed by atoms with E-state index in [1.165, 1.54) is 35.6 Å². The van der Waals surface area contributed by atoms with Gasteiger partial charge in [0, 0.05) is 24.7 Å². The van der Waals surface area contributed by atoms with Crippen LogP contribution in [0.2, 0.25) is 0 Å². The zero-order chi connectivity index (χ0) is 21.7. The number of nitrogens with one attached hydrogen (secondary N) is 2. The first-order valence-corrected chi connectivity index (χ1v) is 10.9. The van der Waals surface area contributed by atoms with Crippen LogP contribution in [0.25, 0.3) is 0 Å². The molecule has 160 valence electrons. The van der Waals surface area contributed by atoms with E-state index in [9.17, 15) is 18.8 Å². The molecule has 3 amide bonds. The highest BCUT2D eigenvalue weighted by molar-refractivity contribution is 7.12. The number of rotatable bonds is 6. The molecule has 1 saturated heterocycles. The van der Waals surface area contributed by atoms with Gasteiger partial charge in [-0.05, 0) is 54.5 Å². The van der Waals surface area contributed by atoms with Crippen LogP contribution in [0.15, 0.2) is 41.8 Å². The molecular weight excluding hydrogens is 405 g/mol. The zero-order valence-corrected chi connectivity index (χ0v) is 17.9. The third kappa shape index (κ3) is 5.44. The van der Waals surface area contributed by atoms with Gasteiger partial charge in [0.25, 0.3) is 11.8 Å². The monoisotopic (exact) mass is 431 g/mol. The van der Waals surface area contributed by atoms with Gasteiger partial charge in [0.05, 0.1) is 4.88 Å². The van der Waals surface area contributed by atoms with E-state index in [1.54, 1.807) is 17.0 Å². The standard InChI is InChI=1S/C22H26FN3O3S/c1-14(2)19(25-21(28)18-4-3-13-30-18)22(29)26-11-9-17(10-12-26)24-20(27)15-5-7-16(23)8-6-15/h3-8,13-14,17,19H,9-12H2,1-2H3,(H,24,27)(H,25,28). The zero-order valence-electron chi connectivity index (χ0n) is 17.1. The Balaban J connectivity index is 1.53. The third-order valence-corrected chi connectivity index (χ3v) is 6.08. The quantitative estimate of drug-likeness (QED) is 0.738. The summed E-state index contributed by atoms with van der Waals surface area (Å²) in [6, 6.07) is 8.31. The number of amides is 3. The van der Waals surface area contributed by atoms with Gasteiger partial charge in [-0.3, -0.25) is 14.4 Å². The Morgan fingerprint density at radius 1 is 1.07 bits per heavy atom. The summed E-state index contributed by atoms with van der Waals surface area (Å²) in [5, 5.41) is 7.64. The van der Waals surface area contributed by atoms with Crippen molar-refractivity contribution in [2.45, 2.75) is 38.8 Å². The molecule has 1 unspecified atom stereocenters. The molecule has 8 heteroatoms. The lowest BCUT2D eigenvalue weighted by molar-refractivity contribution is -0.135. The lowest BCUT2D eigenvalue weighted by Gasteiger charge is -2.35. The largest absolute Gasteiger partial charge is 0.349 e. The molecule has 3 rings (SSSR count). The molecule has 30 heavy (non-hydrogen) atoms. The first-order chi connectivity index (χ1) is 14.3.